The molecule has 1 aliphatic rings. The summed E-state index contributed by atoms with van der Waals surface area (Å²) in [5.74, 6) is 0.798. The van der Waals surface area contributed by atoms with Crippen LogP contribution < -0.4 is 15.2 Å². The van der Waals surface area contributed by atoms with Crippen molar-refractivity contribution in [1.29, 1.82) is 0 Å². The quantitative estimate of drug-likeness (QED) is 0.779. The van der Waals surface area contributed by atoms with Crippen molar-refractivity contribution in [3.63, 3.8) is 0 Å². The smallest absolute Gasteiger partial charge is 0.251 e. The summed E-state index contributed by atoms with van der Waals surface area (Å²) in [5, 5.41) is 0. The van der Waals surface area contributed by atoms with Gasteiger partial charge in [-0.15, -0.1) is 0 Å². The molecule has 0 unspecified atom stereocenters. The van der Waals surface area contributed by atoms with Crippen molar-refractivity contribution in [1.82, 2.24) is 9.47 Å². The van der Waals surface area contributed by atoms with Crippen LogP contribution in [0.4, 0.5) is 5.69 Å². The number of methoxy groups -OCH3 is 1. The number of hydrogen-bond donors (Lipinski definition) is 0. The fraction of sp³-hybridized carbons (Fsp3) is 0.333. The SMILES string of the molecule is COc1ccc(N2CCN(C(=O)Cn3cc(Br)ccc3=O)CC2)cc1. The Kier molecular flexibility index (Phi) is 5.43. The highest BCUT2D eigenvalue weighted by molar-refractivity contribution is 9.10. The lowest BCUT2D eigenvalue weighted by atomic mass is 10.2. The third kappa shape index (κ3) is 4.22. The molecule has 0 bridgehead atoms. The molecule has 1 aromatic carbocycles. The van der Waals surface area contributed by atoms with E-state index in [1.54, 1.807) is 19.4 Å². The number of carbonyl (C=O) groups is 1. The van der Waals surface area contributed by atoms with Crippen LogP contribution in [-0.2, 0) is 11.3 Å². The first-order chi connectivity index (χ1) is 12.1. The van der Waals surface area contributed by atoms with Gasteiger partial charge in [-0.25, -0.2) is 0 Å². The number of amides is 1. The molecule has 1 fully saturated rings. The first-order valence-electron chi connectivity index (χ1n) is 8.09. The lowest BCUT2D eigenvalue weighted by molar-refractivity contribution is -0.132. The molecule has 1 amide bonds. The number of piperazine rings is 1. The summed E-state index contributed by atoms with van der Waals surface area (Å²) in [6.07, 6.45) is 1.65. The second-order valence-electron chi connectivity index (χ2n) is 5.88. The molecule has 1 aliphatic heterocycles. The van der Waals surface area contributed by atoms with Crippen LogP contribution >= 0.6 is 15.9 Å². The molecule has 1 aromatic heterocycles. The van der Waals surface area contributed by atoms with Gasteiger partial charge in [0.15, 0.2) is 0 Å². The molecular formula is C18H20BrN3O3. The van der Waals surface area contributed by atoms with Crippen LogP contribution in [0.2, 0.25) is 0 Å². The molecule has 2 heterocycles. The molecule has 132 valence electrons. The van der Waals surface area contributed by atoms with Crippen LogP contribution in [0.15, 0.2) is 51.9 Å². The second kappa shape index (κ2) is 7.74. The van der Waals surface area contributed by atoms with Gasteiger partial charge in [0.05, 0.1) is 7.11 Å². The number of carbonyl (C=O) groups excluding carboxylic acids is 1. The molecule has 0 saturated carbocycles. The summed E-state index contributed by atoms with van der Waals surface area (Å²) in [4.78, 5) is 28.4. The van der Waals surface area contributed by atoms with Gasteiger partial charge in [-0.1, -0.05) is 0 Å². The zero-order valence-corrected chi connectivity index (χ0v) is 15.6. The molecule has 0 radical (unpaired) electrons. The number of benzene rings is 1. The summed E-state index contributed by atoms with van der Waals surface area (Å²) in [6.45, 7) is 2.90. The molecule has 1 saturated heterocycles. The number of rotatable bonds is 4. The van der Waals surface area contributed by atoms with E-state index in [1.807, 2.05) is 29.2 Å². The predicted molar refractivity (Wildman–Crippen MR) is 100 cm³/mol. The molecule has 6 nitrogen and oxygen atoms in total. The molecule has 25 heavy (non-hydrogen) atoms. The highest BCUT2D eigenvalue weighted by atomic mass is 79.9. The Morgan fingerprint density at radius 3 is 2.40 bits per heavy atom. The maximum atomic E-state index is 12.5. The second-order valence-corrected chi connectivity index (χ2v) is 6.79. The van der Waals surface area contributed by atoms with Crippen LogP contribution in [0.25, 0.3) is 0 Å². The summed E-state index contributed by atoms with van der Waals surface area (Å²) in [6, 6.07) is 11.1. The van der Waals surface area contributed by atoms with Gasteiger partial charge in [-0.2, -0.15) is 0 Å². The maximum absolute atomic E-state index is 12.5. The van der Waals surface area contributed by atoms with E-state index in [1.165, 1.54) is 10.6 Å². The van der Waals surface area contributed by atoms with Gasteiger partial charge >= 0.3 is 0 Å². The summed E-state index contributed by atoms with van der Waals surface area (Å²) >= 11 is 3.33. The first-order valence-corrected chi connectivity index (χ1v) is 8.89. The standard InChI is InChI=1S/C18H20BrN3O3/c1-25-16-5-3-15(4-6-16)20-8-10-21(11-9-20)18(24)13-22-12-14(19)2-7-17(22)23/h2-7,12H,8-11,13H2,1H3. The van der Waals surface area contributed by atoms with Crippen molar-refractivity contribution in [3.05, 3.63) is 57.4 Å². The first kappa shape index (κ1) is 17.5. The number of pyridine rings is 1. The van der Waals surface area contributed by atoms with Crippen LogP contribution in [0.1, 0.15) is 0 Å². The van der Waals surface area contributed by atoms with Crippen molar-refractivity contribution in [2.24, 2.45) is 0 Å². The fourth-order valence-corrected chi connectivity index (χ4v) is 3.26. The highest BCUT2D eigenvalue weighted by Gasteiger charge is 2.21. The minimum atomic E-state index is -0.173. The van der Waals surface area contributed by atoms with Gasteiger partial charge in [0.1, 0.15) is 12.3 Å². The Balaban J connectivity index is 1.58. The highest BCUT2D eigenvalue weighted by Crippen LogP contribution is 2.20. The van der Waals surface area contributed by atoms with Crippen molar-refractivity contribution in [2.75, 3.05) is 38.2 Å². The topological polar surface area (TPSA) is 54.8 Å². The minimum Gasteiger partial charge on any atom is -0.497 e. The van der Waals surface area contributed by atoms with Gasteiger partial charge < -0.3 is 19.1 Å². The predicted octanol–water partition coefficient (Wildman–Crippen LogP) is 1.97. The molecule has 0 spiro atoms. The Hall–Kier alpha value is -2.28. The van der Waals surface area contributed by atoms with Crippen LogP contribution in [0.3, 0.4) is 0 Å². The van der Waals surface area contributed by atoms with E-state index in [-0.39, 0.29) is 18.0 Å². The van der Waals surface area contributed by atoms with Gasteiger partial charge in [-0.3, -0.25) is 9.59 Å². The van der Waals surface area contributed by atoms with E-state index in [4.69, 9.17) is 4.74 Å². The summed E-state index contributed by atoms with van der Waals surface area (Å²) in [7, 11) is 1.65. The third-order valence-corrected chi connectivity index (χ3v) is 4.79. The van der Waals surface area contributed by atoms with Crippen molar-refractivity contribution in [2.45, 2.75) is 6.54 Å². The van der Waals surface area contributed by atoms with Gasteiger partial charge in [0, 0.05) is 48.6 Å². The normalized spacial score (nSPS) is 14.5. The van der Waals surface area contributed by atoms with Gasteiger partial charge in [-0.05, 0) is 46.3 Å². The number of anilines is 1. The zero-order chi connectivity index (χ0) is 17.8. The minimum absolute atomic E-state index is 0.0328. The Morgan fingerprint density at radius 2 is 1.76 bits per heavy atom. The van der Waals surface area contributed by atoms with E-state index in [9.17, 15) is 9.59 Å². The molecule has 7 heteroatoms. The van der Waals surface area contributed by atoms with E-state index >= 15 is 0 Å². The Labute approximate surface area is 154 Å². The number of ether oxygens (including phenoxy) is 1. The third-order valence-electron chi connectivity index (χ3n) is 4.32. The molecule has 0 aliphatic carbocycles. The molecular weight excluding hydrogens is 386 g/mol. The number of halogens is 1. The van der Waals surface area contributed by atoms with E-state index in [0.29, 0.717) is 13.1 Å². The Morgan fingerprint density at radius 1 is 1.08 bits per heavy atom. The van der Waals surface area contributed by atoms with Crippen LogP contribution in [0.5, 0.6) is 5.75 Å². The summed E-state index contributed by atoms with van der Waals surface area (Å²) in [5.41, 5.74) is 0.949. The van der Waals surface area contributed by atoms with E-state index in [2.05, 4.69) is 20.8 Å². The molecule has 3 rings (SSSR count). The van der Waals surface area contributed by atoms with E-state index in [0.717, 1.165) is 29.0 Å². The number of aromatic nitrogens is 1. The van der Waals surface area contributed by atoms with Crippen molar-refractivity contribution >= 4 is 27.5 Å². The van der Waals surface area contributed by atoms with Crippen LogP contribution in [0, 0.1) is 0 Å². The lowest BCUT2D eigenvalue weighted by Gasteiger charge is -2.36. The average Bonchev–Trinajstić information content (AvgIpc) is 2.65. The van der Waals surface area contributed by atoms with Crippen molar-refractivity contribution < 1.29 is 9.53 Å². The van der Waals surface area contributed by atoms with Gasteiger partial charge in [0.25, 0.3) is 5.56 Å². The van der Waals surface area contributed by atoms with Crippen molar-refractivity contribution in [3.8, 4) is 5.75 Å². The van der Waals surface area contributed by atoms with Gasteiger partial charge in [0.2, 0.25) is 5.91 Å². The number of nitrogens with zero attached hydrogens (tertiary/aromatic N) is 3. The van der Waals surface area contributed by atoms with E-state index < -0.39 is 0 Å². The molecule has 2 aromatic rings. The van der Waals surface area contributed by atoms with Crippen LogP contribution in [-0.4, -0.2) is 48.7 Å². The number of hydrogen-bond acceptors (Lipinski definition) is 4. The summed E-state index contributed by atoms with van der Waals surface area (Å²) < 4.78 is 7.39. The maximum Gasteiger partial charge on any atom is 0.251 e. The molecule has 0 N–H and O–H groups in total. The fourth-order valence-electron chi connectivity index (χ4n) is 2.88. The zero-order valence-electron chi connectivity index (χ0n) is 14.0. The monoisotopic (exact) mass is 405 g/mol. The largest absolute Gasteiger partial charge is 0.497 e. The lowest BCUT2D eigenvalue weighted by Crippen LogP contribution is -2.50. The Bertz CT molecular complexity index is 796. The average molecular weight is 406 g/mol. The molecule has 0 atom stereocenters.